The predicted molar refractivity (Wildman–Crippen MR) is 108 cm³/mol. The zero-order chi connectivity index (χ0) is 19.2. The van der Waals surface area contributed by atoms with Crippen molar-refractivity contribution in [3.8, 4) is 11.4 Å². The molecule has 0 spiro atoms. The number of benzene rings is 1. The summed E-state index contributed by atoms with van der Waals surface area (Å²) in [6.07, 6.45) is 5.49. The van der Waals surface area contributed by atoms with Crippen molar-refractivity contribution >= 4 is 23.4 Å². The van der Waals surface area contributed by atoms with Gasteiger partial charge in [0.1, 0.15) is 0 Å². The molecular weight excluding hydrogens is 360 g/mol. The number of aromatic nitrogens is 5. The minimum Gasteiger partial charge on any atom is -0.325 e. The third-order valence-electron chi connectivity index (χ3n) is 3.91. The van der Waals surface area contributed by atoms with Crippen molar-refractivity contribution in [2.24, 2.45) is 0 Å². The molecule has 140 valence electrons. The van der Waals surface area contributed by atoms with E-state index in [1.54, 1.807) is 12.3 Å². The summed E-state index contributed by atoms with van der Waals surface area (Å²) in [4.78, 5) is 12.2. The van der Waals surface area contributed by atoms with Crippen molar-refractivity contribution in [3.05, 3.63) is 54.9 Å². The van der Waals surface area contributed by atoms with E-state index in [2.05, 4.69) is 27.2 Å². The van der Waals surface area contributed by atoms with Crippen molar-refractivity contribution in [2.45, 2.75) is 32.1 Å². The topological polar surface area (TPSA) is 77.6 Å². The summed E-state index contributed by atoms with van der Waals surface area (Å²) in [5.74, 6) is 0.880. The second-order valence-corrected chi connectivity index (χ2v) is 6.94. The quantitative estimate of drug-likeness (QED) is 0.477. The first-order valence-electron chi connectivity index (χ1n) is 8.67. The van der Waals surface area contributed by atoms with Gasteiger partial charge in [0.2, 0.25) is 5.91 Å². The van der Waals surface area contributed by atoms with Gasteiger partial charge >= 0.3 is 0 Å². The van der Waals surface area contributed by atoms with Crippen molar-refractivity contribution in [1.82, 2.24) is 24.5 Å². The largest absolute Gasteiger partial charge is 0.325 e. The van der Waals surface area contributed by atoms with E-state index in [1.165, 1.54) is 11.8 Å². The molecule has 2 heterocycles. The lowest BCUT2D eigenvalue weighted by Crippen LogP contribution is -2.14. The van der Waals surface area contributed by atoms with Crippen LogP contribution < -0.4 is 5.32 Å². The molecule has 3 rings (SSSR count). The number of carbonyl (C=O) groups is 1. The Kier molecular flexibility index (Phi) is 6.08. The van der Waals surface area contributed by atoms with Gasteiger partial charge in [-0.2, -0.15) is 5.10 Å². The monoisotopic (exact) mass is 382 g/mol. The average Bonchev–Trinajstić information content (AvgIpc) is 3.29. The van der Waals surface area contributed by atoms with Gasteiger partial charge in [0.25, 0.3) is 0 Å². The van der Waals surface area contributed by atoms with Crippen LogP contribution in [0.5, 0.6) is 0 Å². The number of carbonyl (C=O) groups excluding carboxylic acids is 1. The fourth-order valence-electron chi connectivity index (χ4n) is 2.52. The Morgan fingerprint density at radius 1 is 1.30 bits per heavy atom. The molecule has 0 saturated carbocycles. The Morgan fingerprint density at radius 3 is 2.74 bits per heavy atom. The summed E-state index contributed by atoms with van der Waals surface area (Å²) >= 11 is 1.35. The minimum absolute atomic E-state index is 0.0858. The van der Waals surface area contributed by atoms with E-state index in [0.717, 1.165) is 29.2 Å². The maximum atomic E-state index is 12.2. The first-order chi connectivity index (χ1) is 13.1. The van der Waals surface area contributed by atoms with E-state index >= 15 is 0 Å². The van der Waals surface area contributed by atoms with Gasteiger partial charge in [0, 0.05) is 25.0 Å². The summed E-state index contributed by atoms with van der Waals surface area (Å²) in [6.45, 7) is 9.19. The first-order valence-corrected chi connectivity index (χ1v) is 9.65. The fourth-order valence-corrected chi connectivity index (χ4v) is 3.27. The second-order valence-electron chi connectivity index (χ2n) is 5.99. The highest BCUT2D eigenvalue weighted by Gasteiger charge is 2.16. The SMILES string of the molecule is C=CCn1c(SCC(=O)Nc2ccc(C)cc2)nnc1-c1cnn(CC)c1. The Bertz CT molecular complexity index is 928. The highest BCUT2D eigenvalue weighted by Crippen LogP contribution is 2.24. The van der Waals surface area contributed by atoms with E-state index < -0.39 is 0 Å². The number of hydrogen-bond donors (Lipinski definition) is 1. The average molecular weight is 382 g/mol. The van der Waals surface area contributed by atoms with Crippen LogP contribution in [0.25, 0.3) is 11.4 Å². The fraction of sp³-hybridized carbons (Fsp3) is 0.263. The highest BCUT2D eigenvalue weighted by molar-refractivity contribution is 7.99. The third kappa shape index (κ3) is 4.65. The molecule has 0 radical (unpaired) electrons. The van der Waals surface area contributed by atoms with Crippen LogP contribution in [0.1, 0.15) is 12.5 Å². The molecule has 0 aliphatic carbocycles. The van der Waals surface area contributed by atoms with E-state index in [0.29, 0.717) is 11.7 Å². The van der Waals surface area contributed by atoms with Crippen LogP contribution in [-0.4, -0.2) is 36.2 Å². The van der Waals surface area contributed by atoms with Gasteiger partial charge in [-0.1, -0.05) is 35.5 Å². The van der Waals surface area contributed by atoms with Gasteiger partial charge in [-0.25, -0.2) is 0 Å². The van der Waals surface area contributed by atoms with E-state index in [4.69, 9.17) is 0 Å². The van der Waals surface area contributed by atoms with Gasteiger partial charge in [-0.3, -0.25) is 14.0 Å². The lowest BCUT2D eigenvalue weighted by atomic mass is 10.2. The molecule has 1 N–H and O–H groups in total. The van der Waals surface area contributed by atoms with Gasteiger partial charge in [-0.15, -0.1) is 16.8 Å². The molecule has 0 unspecified atom stereocenters. The maximum absolute atomic E-state index is 12.2. The molecule has 0 fully saturated rings. The molecule has 7 nitrogen and oxygen atoms in total. The predicted octanol–water partition coefficient (Wildman–Crippen LogP) is 3.39. The van der Waals surface area contributed by atoms with Gasteiger partial charge in [0.05, 0.1) is 17.5 Å². The Balaban J connectivity index is 1.69. The summed E-state index contributed by atoms with van der Waals surface area (Å²) in [6, 6.07) is 7.71. The number of rotatable bonds is 8. The Morgan fingerprint density at radius 2 is 2.07 bits per heavy atom. The van der Waals surface area contributed by atoms with Gasteiger partial charge < -0.3 is 5.32 Å². The third-order valence-corrected chi connectivity index (χ3v) is 4.88. The number of nitrogens with one attached hydrogen (secondary N) is 1. The van der Waals surface area contributed by atoms with E-state index in [9.17, 15) is 4.79 Å². The molecule has 0 aliphatic heterocycles. The van der Waals surface area contributed by atoms with Crippen molar-refractivity contribution in [2.75, 3.05) is 11.1 Å². The van der Waals surface area contributed by atoms with Crippen LogP contribution in [0.15, 0.2) is 54.5 Å². The molecule has 27 heavy (non-hydrogen) atoms. The zero-order valence-corrected chi connectivity index (χ0v) is 16.2. The van der Waals surface area contributed by atoms with Crippen LogP contribution in [0, 0.1) is 6.92 Å². The maximum Gasteiger partial charge on any atom is 0.234 e. The molecule has 1 aromatic carbocycles. The molecular formula is C19H22N6OS. The van der Waals surface area contributed by atoms with Crippen molar-refractivity contribution in [1.29, 1.82) is 0 Å². The summed E-state index contributed by atoms with van der Waals surface area (Å²) in [5.41, 5.74) is 2.83. The number of aryl methyl sites for hydroxylation is 2. The molecule has 1 amide bonds. The number of nitrogens with zero attached hydrogens (tertiary/aromatic N) is 5. The standard InChI is InChI=1S/C19H22N6OS/c1-4-10-25-18(15-11-20-24(5-2)12-15)22-23-19(25)27-13-17(26)21-16-8-6-14(3)7-9-16/h4,6-9,11-12H,1,5,10,13H2,2-3H3,(H,21,26). The van der Waals surface area contributed by atoms with Crippen LogP contribution in [0.3, 0.4) is 0 Å². The highest BCUT2D eigenvalue weighted by atomic mass is 32.2. The Labute approximate surface area is 162 Å². The van der Waals surface area contributed by atoms with Crippen LogP contribution in [-0.2, 0) is 17.9 Å². The van der Waals surface area contributed by atoms with Crippen LogP contribution in [0.4, 0.5) is 5.69 Å². The van der Waals surface area contributed by atoms with E-state index in [-0.39, 0.29) is 11.7 Å². The number of thioether (sulfide) groups is 1. The lowest BCUT2D eigenvalue weighted by Gasteiger charge is -2.07. The number of allylic oxidation sites excluding steroid dienone is 1. The molecule has 0 aliphatic rings. The smallest absolute Gasteiger partial charge is 0.234 e. The number of anilines is 1. The Hall–Kier alpha value is -2.87. The summed E-state index contributed by atoms with van der Waals surface area (Å²) < 4.78 is 3.78. The number of hydrogen-bond acceptors (Lipinski definition) is 5. The van der Waals surface area contributed by atoms with Gasteiger partial charge in [0.15, 0.2) is 11.0 Å². The van der Waals surface area contributed by atoms with Crippen LogP contribution >= 0.6 is 11.8 Å². The van der Waals surface area contributed by atoms with Crippen LogP contribution in [0.2, 0.25) is 0 Å². The first kappa shape index (κ1) is 18.9. The normalized spacial score (nSPS) is 10.7. The molecule has 0 saturated heterocycles. The zero-order valence-electron chi connectivity index (χ0n) is 15.4. The molecule has 0 bridgehead atoms. The summed E-state index contributed by atoms with van der Waals surface area (Å²) in [7, 11) is 0. The molecule has 8 heteroatoms. The van der Waals surface area contributed by atoms with Crippen molar-refractivity contribution in [3.63, 3.8) is 0 Å². The second kappa shape index (κ2) is 8.68. The van der Waals surface area contributed by atoms with Crippen molar-refractivity contribution < 1.29 is 4.79 Å². The van der Waals surface area contributed by atoms with Gasteiger partial charge in [-0.05, 0) is 26.0 Å². The molecule has 2 aromatic heterocycles. The van der Waals surface area contributed by atoms with E-state index in [1.807, 2.05) is 53.6 Å². The molecule has 3 aromatic rings. The number of amides is 1. The lowest BCUT2D eigenvalue weighted by molar-refractivity contribution is -0.113. The summed E-state index contributed by atoms with van der Waals surface area (Å²) in [5, 5.41) is 16.4. The minimum atomic E-state index is -0.0858. The molecule has 0 atom stereocenters.